The first kappa shape index (κ1) is 15.3. The van der Waals surface area contributed by atoms with E-state index in [0.29, 0.717) is 15.5 Å². The molecule has 0 bridgehead atoms. The maximum absolute atomic E-state index is 11.6. The van der Waals surface area contributed by atoms with E-state index in [0.717, 1.165) is 12.8 Å². The van der Waals surface area contributed by atoms with Crippen LogP contribution in [0.3, 0.4) is 0 Å². The van der Waals surface area contributed by atoms with Crippen LogP contribution in [0.1, 0.15) is 58.3 Å². The molecule has 1 aromatic heterocycles. The number of hydrogen-bond donors (Lipinski definition) is 2. The van der Waals surface area contributed by atoms with Crippen molar-refractivity contribution >= 4 is 34.6 Å². The number of rotatable bonds is 9. The number of aromatic amines is 1. The van der Waals surface area contributed by atoms with E-state index in [9.17, 15) is 4.79 Å². The van der Waals surface area contributed by atoms with Gasteiger partial charge >= 0.3 is 0 Å². The molecule has 2 N–H and O–H groups in total. The zero-order valence-corrected chi connectivity index (χ0v) is 12.5. The second kappa shape index (κ2) is 9.22. The number of aromatic nitrogens is 2. The van der Waals surface area contributed by atoms with Gasteiger partial charge in [-0.2, -0.15) is 0 Å². The van der Waals surface area contributed by atoms with Crippen molar-refractivity contribution < 1.29 is 4.79 Å². The monoisotopic (exact) mass is 287 g/mol. The molecule has 0 aromatic carbocycles. The minimum absolute atomic E-state index is 0.0290. The Hall–Kier alpha value is -0.750. The lowest BCUT2D eigenvalue weighted by molar-refractivity contribution is -0.116. The van der Waals surface area contributed by atoms with E-state index in [4.69, 9.17) is 12.2 Å². The molecule has 0 fully saturated rings. The zero-order valence-electron chi connectivity index (χ0n) is 10.8. The van der Waals surface area contributed by atoms with E-state index >= 15 is 0 Å². The molecule has 4 nitrogen and oxygen atoms in total. The summed E-state index contributed by atoms with van der Waals surface area (Å²) in [5.41, 5.74) is 0. The fourth-order valence-electron chi connectivity index (χ4n) is 1.71. The number of nitrogens with one attached hydrogen (secondary N) is 2. The van der Waals surface area contributed by atoms with Gasteiger partial charge in [-0.15, -0.1) is 5.10 Å². The number of carbonyl (C=O) groups is 1. The van der Waals surface area contributed by atoms with Crippen molar-refractivity contribution in [1.29, 1.82) is 0 Å². The molecular formula is C12H21N3OS2. The summed E-state index contributed by atoms with van der Waals surface area (Å²) >= 11 is 6.18. The Morgan fingerprint density at radius 1 is 1.28 bits per heavy atom. The van der Waals surface area contributed by atoms with Crippen molar-refractivity contribution in [3.05, 3.63) is 3.95 Å². The minimum atomic E-state index is 0.0290. The van der Waals surface area contributed by atoms with E-state index < -0.39 is 0 Å². The Morgan fingerprint density at radius 2 is 1.94 bits per heavy atom. The summed E-state index contributed by atoms with van der Waals surface area (Å²) in [5.74, 6) is 0.0290. The van der Waals surface area contributed by atoms with Gasteiger partial charge in [-0.3, -0.25) is 9.89 Å². The third kappa shape index (κ3) is 6.86. The first-order chi connectivity index (χ1) is 8.72. The predicted octanol–water partition coefficient (Wildman–Crippen LogP) is 4.28. The molecule has 18 heavy (non-hydrogen) atoms. The molecule has 102 valence electrons. The quantitative estimate of drug-likeness (QED) is 0.526. The van der Waals surface area contributed by atoms with E-state index in [1.165, 1.54) is 43.4 Å². The number of unbranched alkanes of at least 4 members (excludes halogenated alkanes) is 6. The highest BCUT2D eigenvalue weighted by atomic mass is 32.1. The third-order valence-corrected chi connectivity index (χ3v) is 3.70. The van der Waals surface area contributed by atoms with Gasteiger partial charge in [0.25, 0.3) is 0 Å². The van der Waals surface area contributed by atoms with Crippen molar-refractivity contribution in [1.82, 2.24) is 10.2 Å². The molecule has 0 aliphatic rings. The van der Waals surface area contributed by atoms with Gasteiger partial charge in [0.15, 0.2) is 3.95 Å². The SMILES string of the molecule is CCCCCCCCCC(=O)Nc1n[nH]c(=S)s1. The largest absolute Gasteiger partial charge is 0.301 e. The molecule has 1 aromatic rings. The van der Waals surface area contributed by atoms with Crippen LogP contribution in [0.4, 0.5) is 5.13 Å². The molecule has 6 heteroatoms. The number of anilines is 1. The van der Waals surface area contributed by atoms with Crippen LogP contribution in [-0.4, -0.2) is 16.1 Å². The summed E-state index contributed by atoms with van der Waals surface area (Å²) in [4.78, 5) is 11.6. The highest BCUT2D eigenvalue weighted by Crippen LogP contribution is 2.12. The van der Waals surface area contributed by atoms with Gasteiger partial charge in [0.2, 0.25) is 11.0 Å². The number of hydrogen-bond acceptors (Lipinski definition) is 4. The molecule has 0 saturated carbocycles. The van der Waals surface area contributed by atoms with Crippen molar-refractivity contribution in [3.63, 3.8) is 0 Å². The van der Waals surface area contributed by atoms with Gasteiger partial charge in [0.1, 0.15) is 0 Å². The summed E-state index contributed by atoms with van der Waals surface area (Å²) in [7, 11) is 0. The van der Waals surface area contributed by atoms with Gasteiger partial charge in [-0.05, 0) is 18.6 Å². The van der Waals surface area contributed by atoms with Crippen LogP contribution >= 0.6 is 23.6 Å². The zero-order chi connectivity index (χ0) is 13.2. The molecule has 1 heterocycles. The summed E-state index contributed by atoms with van der Waals surface area (Å²) in [5, 5.41) is 9.84. The topological polar surface area (TPSA) is 57.8 Å². The van der Waals surface area contributed by atoms with E-state index in [2.05, 4.69) is 22.4 Å². The minimum Gasteiger partial charge on any atom is -0.301 e. The van der Waals surface area contributed by atoms with Crippen LogP contribution in [0.2, 0.25) is 0 Å². The van der Waals surface area contributed by atoms with Gasteiger partial charge in [0, 0.05) is 6.42 Å². The summed E-state index contributed by atoms with van der Waals surface area (Å²) in [6, 6.07) is 0. The normalized spacial score (nSPS) is 10.5. The van der Waals surface area contributed by atoms with Crippen LogP contribution in [0.15, 0.2) is 0 Å². The van der Waals surface area contributed by atoms with E-state index in [-0.39, 0.29) is 5.91 Å². The number of carbonyl (C=O) groups excluding carboxylic acids is 1. The van der Waals surface area contributed by atoms with Crippen LogP contribution in [0.5, 0.6) is 0 Å². The molecule has 0 aliphatic heterocycles. The average molecular weight is 287 g/mol. The van der Waals surface area contributed by atoms with Crippen LogP contribution < -0.4 is 5.32 Å². The molecule has 0 unspecified atom stereocenters. The Balaban J connectivity index is 2.02. The molecular weight excluding hydrogens is 266 g/mol. The van der Waals surface area contributed by atoms with Crippen molar-refractivity contribution in [2.45, 2.75) is 58.3 Å². The molecule has 0 radical (unpaired) electrons. The van der Waals surface area contributed by atoms with E-state index in [1.807, 2.05) is 0 Å². The highest BCUT2D eigenvalue weighted by Gasteiger charge is 2.04. The Morgan fingerprint density at radius 3 is 2.56 bits per heavy atom. The molecule has 0 saturated heterocycles. The lowest BCUT2D eigenvalue weighted by atomic mass is 10.1. The maximum Gasteiger partial charge on any atom is 0.226 e. The number of nitrogens with zero attached hydrogens (tertiary/aromatic N) is 1. The fraction of sp³-hybridized carbons (Fsp3) is 0.750. The van der Waals surface area contributed by atoms with Crippen molar-refractivity contribution in [2.24, 2.45) is 0 Å². The first-order valence-corrected chi connectivity index (χ1v) is 7.80. The second-order valence-electron chi connectivity index (χ2n) is 4.34. The maximum atomic E-state index is 11.6. The number of H-pyrrole nitrogens is 1. The fourth-order valence-corrected chi connectivity index (χ4v) is 2.51. The predicted molar refractivity (Wildman–Crippen MR) is 78.5 cm³/mol. The average Bonchev–Trinajstić information content (AvgIpc) is 2.73. The summed E-state index contributed by atoms with van der Waals surface area (Å²) in [6.07, 6.45) is 9.09. The molecule has 1 rings (SSSR count). The van der Waals surface area contributed by atoms with Gasteiger partial charge in [0.05, 0.1) is 0 Å². The Bertz CT molecular complexity index is 400. The van der Waals surface area contributed by atoms with Gasteiger partial charge in [-0.25, -0.2) is 0 Å². The first-order valence-electron chi connectivity index (χ1n) is 6.57. The molecule has 0 aliphatic carbocycles. The Labute approximate surface area is 117 Å². The highest BCUT2D eigenvalue weighted by molar-refractivity contribution is 7.73. The molecule has 1 amide bonds. The lowest BCUT2D eigenvalue weighted by Crippen LogP contribution is -2.10. The van der Waals surface area contributed by atoms with Gasteiger partial charge in [-0.1, -0.05) is 56.8 Å². The molecule has 0 atom stereocenters. The van der Waals surface area contributed by atoms with Crippen molar-refractivity contribution in [2.75, 3.05) is 5.32 Å². The smallest absolute Gasteiger partial charge is 0.226 e. The van der Waals surface area contributed by atoms with Crippen LogP contribution in [-0.2, 0) is 4.79 Å². The van der Waals surface area contributed by atoms with Gasteiger partial charge < -0.3 is 5.32 Å². The Kier molecular flexibility index (Phi) is 7.84. The summed E-state index contributed by atoms with van der Waals surface area (Å²) < 4.78 is 0.584. The second-order valence-corrected chi connectivity index (χ2v) is 6.00. The third-order valence-electron chi connectivity index (χ3n) is 2.69. The molecule has 0 spiro atoms. The standard InChI is InChI=1S/C12H21N3OS2/c1-2-3-4-5-6-7-8-9-10(16)13-11-14-15-12(17)18-11/h2-9H2,1H3,(H,15,17)(H,13,14,16). The lowest BCUT2D eigenvalue weighted by Gasteiger charge is -2.01. The number of amides is 1. The van der Waals surface area contributed by atoms with Crippen molar-refractivity contribution in [3.8, 4) is 0 Å². The summed E-state index contributed by atoms with van der Waals surface area (Å²) in [6.45, 7) is 2.22. The van der Waals surface area contributed by atoms with E-state index in [1.54, 1.807) is 0 Å². The van der Waals surface area contributed by atoms with Crippen LogP contribution in [0, 0.1) is 3.95 Å². The van der Waals surface area contributed by atoms with Crippen LogP contribution in [0.25, 0.3) is 0 Å².